The van der Waals surface area contributed by atoms with E-state index in [0.717, 1.165) is 13.0 Å². The van der Waals surface area contributed by atoms with Crippen molar-refractivity contribution in [2.75, 3.05) is 20.1 Å². The summed E-state index contributed by atoms with van der Waals surface area (Å²) < 4.78 is 0. The van der Waals surface area contributed by atoms with Gasteiger partial charge in [-0.2, -0.15) is 0 Å². The second kappa shape index (κ2) is 7.13. The van der Waals surface area contributed by atoms with E-state index < -0.39 is 0 Å². The first-order valence-electron chi connectivity index (χ1n) is 7.38. The zero-order chi connectivity index (χ0) is 13.6. The zero-order valence-electron chi connectivity index (χ0n) is 12.4. The molecule has 2 N–H and O–H groups in total. The van der Waals surface area contributed by atoms with E-state index >= 15 is 0 Å². The standard InChI is InChI=1S/C15H30N2O/c1-15(2,11-16)12-17(3)14(18)10-13-8-6-4-5-7-9-13/h13H,4-12,16H2,1-3H3. The third-order valence-electron chi connectivity index (χ3n) is 4.08. The second-order valence-electron chi connectivity index (χ2n) is 6.68. The average molecular weight is 254 g/mol. The molecule has 1 rings (SSSR count). The van der Waals surface area contributed by atoms with E-state index in [1.807, 2.05) is 11.9 Å². The van der Waals surface area contributed by atoms with Crippen molar-refractivity contribution in [1.82, 2.24) is 4.90 Å². The summed E-state index contributed by atoms with van der Waals surface area (Å²) in [5.41, 5.74) is 5.74. The van der Waals surface area contributed by atoms with Crippen molar-refractivity contribution < 1.29 is 4.79 Å². The van der Waals surface area contributed by atoms with Crippen LogP contribution < -0.4 is 5.73 Å². The molecule has 0 radical (unpaired) electrons. The molecular formula is C15H30N2O. The third kappa shape index (κ3) is 5.38. The van der Waals surface area contributed by atoms with Crippen LogP contribution in [-0.2, 0) is 4.79 Å². The van der Waals surface area contributed by atoms with Crippen molar-refractivity contribution >= 4 is 5.91 Å². The van der Waals surface area contributed by atoms with E-state index in [-0.39, 0.29) is 5.41 Å². The molecule has 0 unspecified atom stereocenters. The van der Waals surface area contributed by atoms with Gasteiger partial charge in [0.05, 0.1) is 0 Å². The molecule has 0 heterocycles. The summed E-state index contributed by atoms with van der Waals surface area (Å²) in [6.07, 6.45) is 8.50. The highest BCUT2D eigenvalue weighted by atomic mass is 16.2. The van der Waals surface area contributed by atoms with Gasteiger partial charge < -0.3 is 10.6 Å². The molecule has 3 heteroatoms. The normalized spacial score (nSPS) is 18.4. The Labute approximate surface area is 112 Å². The van der Waals surface area contributed by atoms with Crippen LogP contribution in [0.25, 0.3) is 0 Å². The molecular weight excluding hydrogens is 224 g/mol. The number of nitrogens with zero attached hydrogens (tertiary/aromatic N) is 1. The predicted octanol–water partition coefficient (Wildman–Crippen LogP) is 2.79. The van der Waals surface area contributed by atoms with Gasteiger partial charge in [-0.1, -0.05) is 39.5 Å². The zero-order valence-corrected chi connectivity index (χ0v) is 12.4. The Morgan fingerprint density at radius 2 is 1.78 bits per heavy atom. The lowest BCUT2D eigenvalue weighted by atomic mass is 9.92. The number of hydrogen-bond donors (Lipinski definition) is 1. The predicted molar refractivity (Wildman–Crippen MR) is 76.3 cm³/mol. The first kappa shape index (κ1) is 15.5. The molecule has 0 aliphatic heterocycles. The van der Waals surface area contributed by atoms with Crippen molar-refractivity contribution in [1.29, 1.82) is 0 Å². The molecule has 1 amide bonds. The lowest BCUT2D eigenvalue weighted by molar-refractivity contribution is -0.132. The lowest BCUT2D eigenvalue weighted by Crippen LogP contribution is -2.40. The molecule has 0 aromatic carbocycles. The number of rotatable bonds is 5. The molecule has 1 aliphatic carbocycles. The van der Waals surface area contributed by atoms with Crippen molar-refractivity contribution in [2.24, 2.45) is 17.1 Å². The van der Waals surface area contributed by atoms with Gasteiger partial charge in [0.15, 0.2) is 0 Å². The van der Waals surface area contributed by atoms with Crippen molar-refractivity contribution in [3.05, 3.63) is 0 Å². The van der Waals surface area contributed by atoms with Gasteiger partial charge in [0, 0.05) is 20.0 Å². The summed E-state index contributed by atoms with van der Waals surface area (Å²) in [6, 6.07) is 0. The third-order valence-corrected chi connectivity index (χ3v) is 4.08. The van der Waals surface area contributed by atoms with Crippen molar-refractivity contribution in [3.63, 3.8) is 0 Å². The van der Waals surface area contributed by atoms with Gasteiger partial charge in [0.1, 0.15) is 0 Å². The van der Waals surface area contributed by atoms with Crippen molar-refractivity contribution in [2.45, 2.75) is 58.8 Å². The fourth-order valence-corrected chi connectivity index (χ4v) is 2.77. The Morgan fingerprint density at radius 1 is 1.22 bits per heavy atom. The largest absolute Gasteiger partial charge is 0.345 e. The van der Waals surface area contributed by atoms with Gasteiger partial charge in [-0.15, -0.1) is 0 Å². The monoisotopic (exact) mass is 254 g/mol. The highest BCUT2D eigenvalue weighted by Crippen LogP contribution is 2.26. The Hall–Kier alpha value is -0.570. The van der Waals surface area contributed by atoms with Crippen LogP contribution in [0.1, 0.15) is 58.8 Å². The van der Waals surface area contributed by atoms with Crippen LogP contribution in [0.3, 0.4) is 0 Å². The minimum atomic E-state index is 0.0217. The Morgan fingerprint density at radius 3 is 2.28 bits per heavy atom. The fourth-order valence-electron chi connectivity index (χ4n) is 2.77. The van der Waals surface area contributed by atoms with E-state index in [4.69, 9.17) is 5.73 Å². The molecule has 18 heavy (non-hydrogen) atoms. The molecule has 0 bridgehead atoms. The number of amides is 1. The van der Waals surface area contributed by atoms with Crippen LogP contribution in [0.5, 0.6) is 0 Å². The number of carbonyl (C=O) groups is 1. The maximum atomic E-state index is 12.2. The molecule has 3 nitrogen and oxygen atoms in total. The minimum Gasteiger partial charge on any atom is -0.345 e. The van der Waals surface area contributed by atoms with Crippen LogP contribution in [0, 0.1) is 11.3 Å². The van der Waals surface area contributed by atoms with Gasteiger partial charge in [0.25, 0.3) is 0 Å². The maximum absolute atomic E-state index is 12.2. The molecule has 1 fully saturated rings. The molecule has 0 aromatic heterocycles. The Kier molecular flexibility index (Phi) is 6.13. The molecule has 1 aliphatic rings. The maximum Gasteiger partial charge on any atom is 0.222 e. The molecule has 0 saturated heterocycles. The van der Waals surface area contributed by atoms with E-state index in [1.165, 1.54) is 38.5 Å². The fraction of sp³-hybridized carbons (Fsp3) is 0.933. The van der Waals surface area contributed by atoms with E-state index in [9.17, 15) is 4.79 Å². The molecule has 106 valence electrons. The number of nitrogens with two attached hydrogens (primary N) is 1. The summed E-state index contributed by atoms with van der Waals surface area (Å²) in [7, 11) is 1.91. The topological polar surface area (TPSA) is 46.3 Å². The first-order valence-corrected chi connectivity index (χ1v) is 7.38. The Bertz CT molecular complexity index is 255. The summed E-state index contributed by atoms with van der Waals surface area (Å²) in [5.74, 6) is 0.909. The van der Waals surface area contributed by atoms with Crippen LogP contribution >= 0.6 is 0 Å². The number of hydrogen-bond acceptors (Lipinski definition) is 2. The van der Waals surface area contributed by atoms with Crippen LogP contribution in [0.15, 0.2) is 0 Å². The van der Waals surface area contributed by atoms with Crippen LogP contribution in [-0.4, -0.2) is 30.9 Å². The van der Waals surface area contributed by atoms with E-state index in [2.05, 4.69) is 13.8 Å². The molecule has 0 spiro atoms. The summed E-state index contributed by atoms with van der Waals surface area (Å²) in [5, 5.41) is 0. The van der Waals surface area contributed by atoms with Gasteiger partial charge in [-0.3, -0.25) is 4.79 Å². The number of carbonyl (C=O) groups excluding carboxylic acids is 1. The summed E-state index contributed by atoms with van der Waals surface area (Å²) in [6.45, 7) is 5.61. The highest BCUT2D eigenvalue weighted by Gasteiger charge is 2.23. The molecule has 1 saturated carbocycles. The average Bonchev–Trinajstić information content (AvgIpc) is 2.57. The summed E-state index contributed by atoms with van der Waals surface area (Å²) >= 11 is 0. The molecule has 0 atom stereocenters. The van der Waals surface area contributed by atoms with Crippen molar-refractivity contribution in [3.8, 4) is 0 Å². The quantitative estimate of drug-likeness (QED) is 0.767. The lowest BCUT2D eigenvalue weighted by Gasteiger charge is -2.30. The highest BCUT2D eigenvalue weighted by molar-refractivity contribution is 5.76. The van der Waals surface area contributed by atoms with E-state index in [1.54, 1.807) is 0 Å². The first-order chi connectivity index (χ1) is 8.44. The van der Waals surface area contributed by atoms with E-state index in [0.29, 0.717) is 18.4 Å². The van der Waals surface area contributed by atoms with Gasteiger partial charge in [0.2, 0.25) is 5.91 Å². The molecule has 0 aromatic rings. The van der Waals surface area contributed by atoms with Gasteiger partial charge in [-0.25, -0.2) is 0 Å². The smallest absolute Gasteiger partial charge is 0.222 e. The minimum absolute atomic E-state index is 0.0217. The van der Waals surface area contributed by atoms with Gasteiger partial charge in [-0.05, 0) is 30.7 Å². The second-order valence-corrected chi connectivity index (χ2v) is 6.68. The SMILES string of the molecule is CN(CC(C)(C)CN)C(=O)CC1CCCCCC1. The van der Waals surface area contributed by atoms with Crippen LogP contribution in [0.2, 0.25) is 0 Å². The summed E-state index contributed by atoms with van der Waals surface area (Å²) in [4.78, 5) is 14.1. The van der Waals surface area contributed by atoms with Crippen LogP contribution in [0.4, 0.5) is 0 Å². The van der Waals surface area contributed by atoms with Gasteiger partial charge >= 0.3 is 0 Å². The Balaban J connectivity index is 2.38.